The molecule has 3 nitrogen and oxygen atoms in total. The van der Waals surface area contributed by atoms with E-state index in [1.54, 1.807) is 0 Å². The molecule has 0 unspecified atom stereocenters. The zero-order valence-corrected chi connectivity index (χ0v) is 9.35. The highest BCUT2D eigenvalue weighted by molar-refractivity contribution is 5.43. The average molecular weight is 222 g/mol. The molecule has 1 aliphatic rings. The number of rotatable bonds is 5. The summed E-state index contributed by atoms with van der Waals surface area (Å²) in [6.07, 6.45) is 2.56. The Labute approximate surface area is 95.7 Å². The number of aliphatic hydroxyl groups excluding tert-OH is 2. The molecular weight excluding hydrogens is 204 g/mol. The Bertz CT molecular complexity index is 351. The van der Waals surface area contributed by atoms with Gasteiger partial charge in [0.2, 0.25) is 0 Å². The molecule has 2 rings (SSSR count). The minimum absolute atomic E-state index is 0.107. The summed E-state index contributed by atoms with van der Waals surface area (Å²) in [5.41, 5.74) is 0.849. The molecule has 0 saturated carbocycles. The third-order valence-corrected chi connectivity index (χ3v) is 3.33. The van der Waals surface area contributed by atoms with Crippen LogP contribution in [0.15, 0.2) is 24.3 Å². The SMILES string of the molecule is OCCCC[C@]1(CO)COc2ccccc21. The average Bonchev–Trinajstić information content (AvgIpc) is 2.70. The van der Waals surface area contributed by atoms with Gasteiger partial charge in [-0.05, 0) is 18.9 Å². The molecule has 3 heteroatoms. The Balaban J connectivity index is 2.17. The van der Waals surface area contributed by atoms with Crippen molar-refractivity contribution in [2.45, 2.75) is 24.7 Å². The van der Waals surface area contributed by atoms with Crippen LogP contribution in [0.5, 0.6) is 5.75 Å². The van der Waals surface area contributed by atoms with E-state index in [-0.39, 0.29) is 18.6 Å². The first-order valence-electron chi connectivity index (χ1n) is 5.76. The van der Waals surface area contributed by atoms with E-state index in [0.717, 1.165) is 30.6 Å². The van der Waals surface area contributed by atoms with Crippen LogP contribution in [0.4, 0.5) is 0 Å². The van der Waals surface area contributed by atoms with Crippen molar-refractivity contribution in [3.05, 3.63) is 29.8 Å². The Hall–Kier alpha value is -1.06. The maximum absolute atomic E-state index is 9.62. The Kier molecular flexibility index (Phi) is 3.46. The topological polar surface area (TPSA) is 49.7 Å². The molecule has 1 aromatic carbocycles. The number of unbranched alkanes of at least 4 members (excludes halogenated alkanes) is 1. The molecule has 0 aliphatic carbocycles. The zero-order valence-electron chi connectivity index (χ0n) is 9.35. The van der Waals surface area contributed by atoms with E-state index >= 15 is 0 Å². The molecule has 88 valence electrons. The predicted octanol–water partition coefficient (Wildman–Crippen LogP) is 1.47. The number of aliphatic hydroxyl groups is 2. The van der Waals surface area contributed by atoms with Gasteiger partial charge in [-0.1, -0.05) is 24.6 Å². The van der Waals surface area contributed by atoms with E-state index in [1.807, 2.05) is 24.3 Å². The first kappa shape index (κ1) is 11.4. The Morgan fingerprint density at radius 1 is 1.19 bits per heavy atom. The van der Waals surface area contributed by atoms with Crippen molar-refractivity contribution in [1.82, 2.24) is 0 Å². The molecule has 0 amide bonds. The molecule has 1 aromatic rings. The molecule has 1 heterocycles. The summed E-state index contributed by atoms with van der Waals surface area (Å²) >= 11 is 0. The molecule has 1 aliphatic heterocycles. The van der Waals surface area contributed by atoms with Gasteiger partial charge in [0.15, 0.2) is 0 Å². The fourth-order valence-corrected chi connectivity index (χ4v) is 2.32. The van der Waals surface area contributed by atoms with Crippen molar-refractivity contribution >= 4 is 0 Å². The van der Waals surface area contributed by atoms with E-state index in [4.69, 9.17) is 9.84 Å². The van der Waals surface area contributed by atoms with Crippen LogP contribution in [0, 0.1) is 0 Å². The maximum atomic E-state index is 9.62. The fourth-order valence-electron chi connectivity index (χ4n) is 2.32. The normalized spacial score (nSPS) is 22.9. The smallest absolute Gasteiger partial charge is 0.123 e. The summed E-state index contributed by atoms with van der Waals surface area (Å²) in [5.74, 6) is 0.889. The number of ether oxygens (including phenoxy) is 1. The summed E-state index contributed by atoms with van der Waals surface area (Å²) < 4.78 is 5.61. The van der Waals surface area contributed by atoms with Gasteiger partial charge in [-0.2, -0.15) is 0 Å². The van der Waals surface area contributed by atoms with E-state index in [2.05, 4.69) is 0 Å². The number of hydrogen-bond acceptors (Lipinski definition) is 3. The zero-order chi connectivity index (χ0) is 11.4. The van der Waals surface area contributed by atoms with Gasteiger partial charge < -0.3 is 14.9 Å². The van der Waals surface area contributed by atoms with Crippen LogP contribution in [0.25, 0.3) is 0 Å². The first-order chi connectivity index (χ1) is 7.82. The van der Waals surface area contributed by atoms with Gasteiger partial charge in [-0.25, -0.2) is 0 Å². The molecule has 0 saturated heterocycles. The highest BCUT2D eigenvalue weighted by Gasteiger charge is 2.39. The lowest BCUT2D eigenvalue weighted by Crippen LogP contribution is -2.32. The number of fused-ring (bicyclic) bond motifs is 1. The van der Waals surface area contributed by atoms with Crippen LogP contribution in [0.1, 0.15) is 24.8 Å². The third-order valence-electron chi connectivity index (χ3n) is 3.33. The third kappa shape index (κ3) is 1.93. The Morgan fingerprint density at radius 3 is 2.75 bits per heavy atom. The summed E-state index contributed by atoms with van der Waals surface area (Å²) in [4.78, 5) is 0. The van der Waals surface area contributed by atoms with E-state index < -0.39 is 0 Å². The fraction of sp³-hybridized carbons (Fsp3) is 0.538. The van der Waals surface area contributed by atoms with Crippen molar-refractivity contribution < 1.29 is 14.9 Å². The van der Waals surface area contributed by atoms with Crippen LogP contribution >= 0.6 is 0 Å². The number of para-hydroxylation sites is 1. The number of hydrogen-bond donors (Lipinski definition) is 2. The van der Waals surface area contributed by atoms with E-state index in [1.165, 1.54) is 0 Å². The van der Waals surface area contributed by atoms with Gasteiger partial charge >= 0.3 is 0 Å². The largest absolute Gasteiger partial charge is 0.492 e. The van der Waals surface area contributed by atoms with Gasteiger partial charge in [-0.15, -0.1) is 0 Å². The lowest BCUT2D eigenvalue weighted by atomic mass is 9.79. The monoisotopic (exact) mass is 222 g/mol. The Morgan fingerprint density at radius 2 is 2.00 bits per heavy atom. The molecule has 0 aromatic heterocycles. The van der Waals surface area contributed by atoms with Crippen molar-refractivity contribution in [2.75, 3.05) is 19.8 Å². The molecule has 0 bridgehead atoms. The van der Waals surface area contributed by atoms with Gasteiger partial charge in [0, 0.05) is 12.2 Å². The maximum Gasteiger partial charge on any atom is 0.123 e. The highest BCUT2D eigenvalue weighted by Crippen LogP contribution is 2.41. The van der Waals surface area contributed by atoms with Crippen LogP contribution in [0.2, 0.25) is 0 Å². The molecule has 0 radical (unpaired) electrons. The van der Waals surface area contributed by atoms with Crippen LogP contribution < -0.4 is 4.74 Å². The van der Waals surface area contributed by atoms with Crippen molar-refractivity contribution in [2.24, 2.45) is 0 Å². The summed E-state index contributed by atoms with van der Waals surface area (Å²) in [6.45, 7) is 0.869. The summed E-state index contributed by atoms with van der Waals surface area (Å²) in [6, 6.07) is 7.89. The second-order valence-corrected chi connectivity index (χ2v) is 4.40. The quantitative estimate of drug-likeness (QED) is 0.742. The molecule has 1 atom stereocenters. The van der Waals surface area contributed by atoms with Crippen molar-refractivity contribution in [3.63, 3.8) is 0 Å². The lowest BCUT2D eigenvalue weighted by molar-refractivity contribution is 0.145. The molecule has 0 spiro atoms. The van der Waals surface area contributed by atoms with Gasteiger partial charge in [-0.3, -0.25) is 0 Å². The van der Waals surface area contributed by atoms with Crippen molar-refractivity contribution in [1.29, 1.82) is 0 Å². The van der Waals surface area contributed by atoms with E-state index in [0.29, 0.717) is 6.61 Å². The van der Waals surface area contributed by atoms with Crippen LogP contribution in [-0.4, -0.2) is 30.0 Å². The van der Waals surface area contributed by atoms with Gasteiger partial charge in [0.25, 0.3) is 0 Å². The molecular formula is C13H18O3. The summed E-state index contributed by atoms with van der Waals surface area (Å²) in [5, 5.41) is 18.4. The van der Waals surface area contributed by atoms with Crippen LogP contribution in [-0.2, 0) is 5.41 Å². The first-order valence-corrected chi connectivity index (χ1v) is 5.76. The second-order valence-electron chi connectivity index (χ2n) is 4.40. The van der Waals surface area contributed by atoms with E-state index in [9.17, 15) is 5.11 Å². The minimum Gasteiger partial charge on any atom is -0.492 e. The van der Waals surface area contributed by atoms with Crippen LogP contribution in [0.3, 0.4) is 0 Å². The molecule has 0 fully saturated rings. The van der Waals surface area contributed by atoms with Gasteiger partial charge in [0.1, 0.15) is 12.4 Å². The summed E-state index contributed by atoms with van der Waals surface area (Å²) in [7, 11) is 0. The molecule has 2 N–H and O–H groups in total. The number of benzene rings is 1. The second kappa shape index (κ2) is 4.85. The van der Waals surface area contributed by atoms with Crippen molar-refractivity contribution in [3.8, 4) is 5.75 Å². The highest BCUT2D eigenvalue weighted by atomic mass is 16.5. The predicted molar refractivity (Wildman–Crippen MR) is 61.6 cm³/mol. The standard InChI is InChI=1S/C13H18O3/c14-8-4-3-7-13(9-15)10-16-12-6-2-1-5-11(12)13/h1-2,5-6,14-15H,3-4,7-10H2/t13-/m0/s1. The van der Waals surface area contributed by atoms with Gasteiger partial charge in [0.05, 0.1) is 12.0 Å². The molecule has 16 heavy (non-hydrogen) atoms. The lowest BCUT2D eigenvalue weighted by Gasteiger charge is -2.25. The minimum atomic E-state index is -0.258.